The number of benzene rings is 3. The van der Waals surface area contributed by atoms with Crippen molar-refractivity contribution in [2.24, 2.45) is 0 Å². The maximum atomic E-state index is 12.6. The average Bonchev–Trinajstić information content (AvgIpc) is 3.36. The average molecular weight is 632 g/mol. The van der Waals surface area contributed by atoms with Gasteiger partial charge in [-0.15, -0.1) is 0 Å². The van der Waals surface area contributed by atoms with Crippen LogP contribution in [0.2, 0.25) is 0 Å². The van der Waals surface area contributed by atoms with Crippen LogP contribution < -0.4 is 24.3 Å². The van der Waals surface area contributed by atoms with Crippen molar-refractivity contribution in [3.05, 3.63) is 65.0 Å². The number of ketones is 1. The van der Waals surface area contributed by atoms with E-state index in [1.54, 1.807) is 36.5 Å². The molecule has 11 nitrogen and oxygen atoms in total. The van der Waals surface area contributed by atoms with Gasteiger partial charge in [0.2, 0.25) is 5.91 Å². The van der Waals surface area contributed by atoms with Crippen molar-refractivity contribution in [2.45, 2.75) is 19.8 Å². The first-order chi connectivity index (χ1) is 21.6. The number of phenols is 2. The van der Waals surface area contributed by atoms with Crippen molar-refractivity contribution in [1.82, 2.24) is 15.2 Å². The molecule has 0 spiro atoms. The van der Waals surface area contributed by atoms with Gasteiger partial charge >= 0.3 is 0 Å². The van der Waals surface area contributed by atoms with Crippen molar-refractivity contribution in [3.8, 4) is 45.6 Å². The van der Waals surface area contributed by atoms with Crippen LogP contribution in [0.3, 0.4) is 0 Å². The Labute approximate surface area is 265 Å². The van der Waals surface area contributed by atoms with Gasteiger partial charge in [0.05, 0.1) is 40.7 Å². The van der Waals surface area contributed by atoms with Gasteiger partial charge in [0.15, 0.2) is 45.4 Å². The van der Waals surface area contributed by atoms with E-state index in [4.69, 9.17) is 31.2 Å². The molecule has 0 aliphatic carbocycles. The molecule has 0 radical (unpaired) electrons. The number of Topliss-reactive ketones (excluding diaryl/α,β-unsaturated/α-hetero) is 1. The molecule has 234 valence electrons. The zero-order chi connectivity index (χ0) is 32.4. The fraction of sp³-hybridized carbons (Fsp3) is 0.273. The molecule has 0 unspecified atom stereocenters. The van der Waals surface area contributed by atoms with Crippen LogP contribution in [0.5, 0.6) is 34.5 Å². The quantitative estimate of drug-likeness (QED) is 0.123. The van der Waals surface area contributed by atoms with Gasteiger partial charge in [-0.25, -0.2) is 0 Å². The molecule has 4 aromatic rings. The number of methoxy groups -OCH3 is 4. The van der Waals surface area contributed by atoms with E-state index >= 15 is 0 Å². The smallest absolute Gasteiger partial charge is 0.248 e. The fourth-order valence-electron chi connectivity index (χ4n) is 5.61. The molecule has 0 bridgehead atoms. The number of hydrogen-bond acceptors (Lipinski definition) is 10. The second-order valence-corrected chi connectivity index (χ2v) is 10.8. The molecule has 3 N–H and O–H groups in total. The van der Waals surface area contributed by atoms with E-state index in [-0.39, 0.29) is 36.2 Å². The third kappa shape index (κ3) is 5.88. The Balaban J connectivity index is 1.68. The zero-order valence-electron chi connectivity index (χ0n) is 25.5. The van der Waals surface area contributed by atoms with Gasteiger partial charge < -0.3 is 34.5 Å². The van der Waals surface area contributed by atoms with Crippen molar-refractivity contribution >= 4 is 39.8 Å². The predicted octanol–water partition coefficient (Wildman–Crippen LogP) is 4.40. The predicted molar refractivity (Wildman–Crippen MR) is 172 cm³/mol. The number of nitrogens with one attached hydrogen (secondary N) is 1. The van der Waals surface area contributed by atoms with Crippen LogP contribution in [0.1, 0.15) is 34.1 Å². The number of aromatic hydroxyl groups is 2. The molecular formula is C33H33N3O8S. The Kier molecular flexibility index (Phi) is 8.96. The summed E-state index contributed by atoms with van der Waals surface area (Å²) < 4.78 is 22.5. The number of nitrogens with zero attached hydrogens (tertiary/aromatic N) is 2. The molecular weight excluding hydrogens is 598 g/mol. The van der Waals surface area contributed by atoms with E-state index in [0.717, 1.165) is 0 Å². The van der Waals surface area contributed by atoms with E-state index < -0.39 is 0 Å². The maximum absolute atomic E-state index is 12.6. The summed E-state index contributed by atoms with van der Waals surface area (Å²) >= 11 is 5.24. The Hall–Kier alpha value is -5.10. The summed E-state index contributed by atoms with van der Waals surface area (Å²) in [7, 11) is 6.03. The standard InChI is InChI=1S/C33H33N3O8S/c1-17(37)21-14-27(42-3)26(41-2)13-19(21)12-24-22-15-28(43-4)32(44-5)30(20(22)6-8-34-24)23-10-18(11-25(38)31(23)40)7-9-36-29(39)16-35-33(36)45/h6,8,10-11,13-15,38,40H,7,9,12,16H2,1-5H3,(H,35,45). The highest BCUT2D eigenvalue weighted by molar-refractivity contribution is 7.80. The van der Waals surface area contributed by atoms with Crippen LogP contribution in [0, 0.1) is 0 Å². The summed E-state index contributed by atoms with van der Waals surface area (Å²) in [5.41, 5.74) is 3.20. The van der Waals surface area contributed by atoms with Gasteiger partial charge in [0, 0.05) is 41.2 Å². The van der Waals surface area contributed by atoms with Gasteiger partial charge in [-0.2, -0.15) is 0 Å². The molecule has 1 fully saturated rings. The Morgan fingerprint density at radius 2 is 1.69 bits per heavy atom. The van der Waals surface area contributed by atoms with Crippen molar-refractivity contribution in [2.75, 3.05) is 41.5 Å². The lowest BCUT2D eigenvalue weighted by Crippen LogP contribution is -2.32. The van der Waals surface area contributed by atoms with Crippen LogP contribution in [-0.2, 0) is 17.6 Å². The summed E-state index contributed by atoms with van der Waals surface area (Å²) in [5.74, 6) is 0.663. The topological polar surface area (TPSA) is 140 Å². The second-order valence-electron chi connectivity index (χ2n) is 10.4. The molecule has 1 aromatic heterocycles. The van der Waals surface area contributed by atoms with Crippen molar-refractivity contribution in [1.29, 1.82) is 0 Å². The molecule has 2 heterocycles. The summed E-state index contributed by atoms with van der Waals surface area (Å²) in [6.45, 7) is 1.92. The number of ether oxygens (including phenoxy) is 4. The van der Waals surface area contributed by atoms with Gasteiger partial charge in [-0.1, -0.05) is 0 Å². The first-order valence-corrected chi connectivity index (χ1v) is 14.4. The summed E-state index contributed by atoms with van der Waals surface area (Å²) in [6, 6.07) is 10.2. The first kappa shape index (κ1) is 31.3. The van der Waals surface area contributed by atoms with Crippen LogP contribution in [0.15, 0.2) is 42.6 Å². The number of hydrogen-bond donors (Lipinski definition) is 3. The van der Waals surface area contributed by atoms with Gasteiger partial charge in [-0.3, -0.25) is 19.5 Å². The van der Waals surface area contributed by atoms with E-state index in [9.17, 15) is 19.8 Å². The molecule has 1 amide bonds. The summed E-state index contributed by atoms with van der Waals surface area (Å²) in [5, 5.41) is 26.5. The number of carbonyl (C=O) groups excluding carboxylic acids is 2. The van der Waals surface area contributed by atoms with Gasteiger partial charge in [0.25, 0.3) is 0 Å². The largest absolute Gasteiger partial charge is 0.504 e. The minimum atomic E-state index is -0.349. The molecule has 1 aliphatic heterocycles. The minimum Gasteiger partial charge on any atom is -0.504 e. The molecule has 12 heteroatoms. The Morgan fingerprint density at radius 3 is 2.31 bits per heavy atom. The molecule has 5 rings (SSSR count). The van der Waals surface area contributed by atoms with Crippen LogP contribution in [0.4, 0.5) is 0 Å². The third-order valence-electron chi connectivity index (χ3n) is 7.82. The maximum Gasteiger partial charge on any atom is 0.248 e. The van der Waals surface area contributed by atoms with E-state index in [2.05, 4.69) is 10.3 Å². The molecule has 1 saturated heterocycles. The van der Waals surface area contributed by atoms with Crippen LogP contribution >= 0.6 is 12.2 Å². The Bertz CT molecular complexity index is 1830. The molecule has 0 atom stereocenters. The summed E-state index contributed by atoms with van der Waals surface area (Å²) in [4.78, 5) is 31.0. The van der Waals surface area contributed by atoms with Crippen molar-refractivity contribution in [3.63, 3.8) is 0 Å². The third-order valence-corrected chi connectivity index (χ3v) is 8.18. The lowest BCUT2D eigenvalue weighted by atomic mass is 9.91. The van der Waals surface area contributed by atoms with Crippen LogP contribution in [0.25, 0.3) is 21.9 Å². The minimum absolute atomic E-state index is 0.133. The number of aromatic nitrogens is 1. The van der Waals surface area contributed by atoms with Gasteiger partial charge in [-0.05, 0) is 78.5 Å². The van der Waals surface area contributed by atoms with E-state index in [1.807, 2.05) is 0 Å². The van der Waals surface area contributed by atoms with Crippen molar-refractivity contribution < 1.29 is 38.7 Å². The lowest BCUT2D eigenvalue weighted by Gasteiger charge is -2.20. The first-order valence-electron chi connectivity index (χ1n) is 14.0. The monoisotopic (exact) mass is 631 g/mol. The number of rotatable bonds is 11. The molecule has 45 heavy (non-hydrogen) atoms. The zero-order valence-corrected chi connectivity index (χ0v) is 26.3. The number of carbonyl (C=O) groups is 2. The molecule has 3 aromatic carbocycles. The number of thiocarbonyl (C=S) groups is 1. The number of amides is 1. The lowest BCUT2D eigenvalue weighted by molar-refractivity contribution is -0.124. The highest BCUT2D eigenvalue weighted by Gasteiger charge is 2.27. The number of phenolic OH excluding ortho intramolecular Hbond substituents is 2. The fourth-order valence-corrected chi connectivity index (χ4v) is 5.88. The van der Waals surface area contributed by atoms with Gasteiger partial charge in [0.1, 0.15) is 0 Å². The van der Waals surface area contributed by atoms with E-state index in [0.29, 0.717) is 85.4 Å². The highest BCUT2D eigenvalue weighted by atomic mass is 32.1. The second kappa shape index (κ2) is 12.9. The number of fused-ring (bicyclic) bond motifs is 1. The SMILES string of the molecule is COc1cc(Cc2nccc3c(-c4cc(CCN5C(=O)CNC5=S)cc(O)c4O)c(OC)c(OC)cc23)c(C(C)=O)cc1OC. The highest BCUT2D eigenvalue weighted by Crippen LogP contribution is 2.49. The number of pyridine rings is 1. The van der Waals surface area contributed by atoms with E-state index in [1.165, 1.54) is 46.3 Å². The summed E-state index contributed by atoms with van der Waals surface area (Å²) in [6.07, 6.45) is 2.25. The molecule has 0 saturated carbocycles. The normalized spacial score (nSPS) is 12.8. The Morgan fingerprint density at radius 1 is 0.978 bits per heavy atom. The molecule has 1 aliphatic rings. The van der Waals surface area contributed by atoms with Crippen LogP contribution in [-0.4, -0.2) is 78.4 Å².